The smallest absolute Gasteiger partial charge is 0.337 e. The Morgan fingerprint density at radius 3 is 2.43 bits per heavy atom. The molecule has 0 aromatic carbocycles. The molecule has 3 heterocycles. The summed E-state index contributed by atoms with van der Waals surface area (Å²) in [5.74, 6) is 0.655. The predicted octanol–water partition coefficient (Wildman–Crippen LogP) is 5.26. The van der Waals surface area contributed by atoms with Crippen LogP contribution in [0.1, 0.15) is 97.1 Å². The lowest BCUT2D eigenvalue weighted by molar-refractivity contribution is 0.0506. The second-order valence-electron chi connectivity index (χ2n) is 11.6. The minimum Gasteiger partial charge on any atom is -0.478 e. The van der Waals surface area contributed by atoms with E-state index in [0.717, 1.165) is 29.7 Å². The first-order valence-corrected chi connectivity index (χ1v) is 13.5. The summed E-state index contributed by atoms with van der Waals surface area (Å²) >= 11 is 0. The lowest BCUT2D eigenvalue weighted by atomic mass is 9.97. The largest absolute Gasteiger partial charge is 0.478 e. The van der Waals surface area contributed by atoms with Gasteiger partial charge in [0.15, 0.2) is 0 Å². The molecule has 8 heteroatoms. The number of anilines is 2. The molecule has 1 amide bonds. The van der Waals surface area contributed by atoms with E-state index in [1.165, 1.54) is 25.7 Å². The average Bonchev–Trinajstić information content (AvgIpc) is 3.34. The number of carboxylic acids is 1. The molecule has 4 rings (SSSR count). The maximum absolute atomic E-state index is 13.7. The molecular formula is C29H41N5O3. The van der Waals surface area contributed by atoms with Crippen LogP contribution >= 0.6 is 0 Å². The van der Waals surface area contributed by atoms with Gasteiger partial charge in [0.05, 0.1) is 28.2 Å². The van der Waals surface area contributed by atoms with Gasteiger partial charge in [-0.25, -0.2) is 14.8 Å². The fraction of sp³-hybridized carbons (Fsp3) is 0.586. The molecule has 1 aliphatic heterocycles. The van der Waals surface area contributed by atoms with E-state index < -0.39 is 11.5 Å². The summed E-state index contributed by atoms with van der Waals surface area (Å²) in [6, 6.07) is 5.71. The molecule has 2 aliphatic rings. The van der Waals surface area contributed by atoms with Crippen LogP contribution in [-0.2, 0) is 0 Å². The molecule has 1 aliphatic carbocycles. The van der Waals surface area contributed by atoms with Gasteiger partial charge < -0.3 is 20.2 Å². The van der Waals surface area contributed by atoms with E-state index >= 15 is 0 Å². The van der Waals surface area contributed by atoms with Gasteiger partial charge in [0.25, 0.3) is 5.91 Å². The van der Waals surface area contributed by atoms with E-state index in [2.05, 4.69) is 42.9 Å². The topological polar surface area (TPSA) is 98.7 Å². The third-order valence-corrected chi connectivity index (χ3v) is 7.82. The number of piperazine rings is 1. The standard InChI is InChI=1S/C29H41N5O3/c1-18(2)26-22(30-16-21-9-7-8-10-21)11-12-23(32-26)27(35)34-14-13-33(17-29(34,5)6)24-15-19(3)25(28(36)37)20(4)31-24/h11-12,15,18,21,30H,7-10,13-14,16-17H2,1-6H3,(H,36,37). The SMILES string of the molecule is Cc1cc(N2CCN(C(=O)c3ccc(NCC4CCCC4)c(C(C)C)n3)C(C)(C)C2)nc(C)c1C(=O)O. The maximum atomic E-state index is 13.7. The number of hydrogen-bond acceptors (Lipinski definition) is 6. The summed E-state index contributed by atoms with van der Waals surface area (Å²) in [6.07, 6.45) is 5.21. The summed E-state index contributed by atoms with van der Waals surface area (Å²) < 4.78 is 0. The van der Waals surface area contributed by atoms with Crippen LogP contribution in [0.5, 0.6) is 0 Å². The molecule has 2 aromatic rings. The Balaban J connectivity index is 1.50. The van der Waals surface area contributed by atoms with E-state index in [-0.39, 0.29) is 17.4 Å². The molecule has 0 bridgehead atoms. The van der Waals surface area contributed by atoms with E-state index in [1.54, 1.807) is 13.8 Å². The zero-order chi connectivity index (χ0) is 26.9. The van der Waals surface area contributed by atoms with E-state index in [4.69, 9.17) is 4.98 Å². The van der Waals surface area contributed by atoms with Crippen molar-refractivity contribution in [2.75, 3.05) is 36.4 Å². The predicted molar refractivity (Wildman–Crippen MR) is 147 cm³/mol. The van der Waals surface area contributed by atoms with Gasteiger partial charge in [-0.05, 0) is 76.1 Å². The lowest BCUT2D eigenvalue weighted by Crippen LogP contribution is -2.61. The number of nitrogens with one attached hydrogen (secondary N) is 1. The zero-order valence-corrected chi connectivity index (χ0v) is 23.1. The number of rotatable bonds is 7. The highest BCUT2D eigenvalue weighted by molar-refractivity contribution is 5.93. The number of nitrogens with zero attached hydrogens (tertiary/aromatic N) is 4. The monoisotopic (exact) mass is 507 g/mol. The van der Waals surface area contributed by atoms with E-state index in [0.29, 0.717) is 36.6 Å². The number of amides is 1. The van der Waals surface area contributed by atoms with Crippen molar-refractivity contribution >= 4 is 23.4 Å². The van der Waals surface area contributed by atoms with Crippen molar-refractivity contribution in [3.63, 3.8) is 0 Å². The number of carbonyl (C=O) groups excluding carboxylic acids is 1. The highest BCUT2D eigenvalue weighted by Crippen LogP contribution is 2.30. The summed E-state index contributed by atoms with van der Waals surface area (Å²) in [5, 5.41) is 13.1. The molecule has 2 aromatic heterocycles. The molecule has 0 unspecified atom stereocenters. The van der Waals surface area contributed by atoms with Gasteiger partial charge in [-0.1, -0.05) is 26.7 Å². The maximum Gasteiger partial charge on any atom is 0.337 e. The second-order valence-corrected chi connectivity index (χ2v) is 11.6. The molecule has 1 saturated heterocycles. The van der Waals surface area contributed by atoms with E-state index in [1.807, 2.05) is 23.1 Å². The van der Waals surface area contributed by atoms with Crippen LogP contribution in [0.3, 0.4) is 0 Å². The molecule has 0 radical (unpaired) electrons. The Labute approximate surface area is 220 Å². The molecule has 37 heavy (non-hydrogen) atoms. The summed E-state index contributed by atoms with van der Waals surface area (Å²) in [4.78, 5) is 38.7. The number of pyridine rings is 2. The van der Waals surface area contributed by atoms with Crippen LogP contribution in [0.2, 0.25) is 0 Å². The molecule has 200 valence electrons. The molecule has 2 fully saturated rings. The van der Waals surface area contributed by atoms with Crippen LogP contribution in [0.4, 0.5) is 11.5 Å². The quantitative estimate of drug-likeness (QED) is 0.527. The molecule has 0 atom stereocenters. The normalized spacial score (nSPS) is 17.9. The number of carboxylic acid groups (broad SMARTS) is 1. The Kier molecular flexibility index (Phi) is 7.76. The van der Waals surface area contributed by atoms with Crippen molar-refractivity contribution in [1.82, 2.24) is 14.9 Å². The van der Waals surface area contributed by atoms with Crippen LogP contribution in [0, 0.1) is 19.8 Å². The summed E-state index contributed by atoms with van der Waals surface area (Å²) in [5.41, 5.74) is 3.45. The third-order valence-electron chi connectivity index (χ3n) is 7.82. The molecule has 2 N–H and O–H groups in total. The fourth-order valence-corrected chi connectivity index (χ4v) is 5.81. The van der Waals surface area contributed by atoms with Gasteiger partial charge in [-0.15, -0.1) is 0 Å². The molecular weight excluding hydrogens is 466 g/mol. The first-order valence-electron chi connectivity index (χ1n) is 13.5. The molecule has 0 spiro atoms. The number of aryl methyl sites for hydroxylation is 2. The van der Waals surface area contributed by atoms with Crippen LogP contribution in [0.25, 0.3) is 0 Å². The Hall–Kier alpha value is -3.16. The third kappa shape index (κ3) is 5.73. The Morgan fingerprint density at radius 2 is 1.84 bits per heavy atom. The Bertz CT molecular complexity index is 1150. The second kappa shape index (κ2) is 10.7. The Morgan fingerprint density at radius 1 is 1.14 bits per heavy atom. The van der Waals surface area contributed by atoms with Gasteiger partial charge in [0, 0.05) is 26.2 Å². The van der Waals surface area contributed by atoms with Crippen LogP contribution in [-0.4, -0.2) is 63.6 Å². The van der Waals surface area contributed by atoms with Crippen molar-refractivity contribution < 1.29 is 14.7 Å². The first kappa shape index (κ1) is 26.9. The van der Waals surface area contributed by atoms with Crippen LogP contribution in [0.15, 0.2) is 18.2 Å². The van der Waals surface area contributed by atoms with Crippen molar-refractivity contribution in [2.24, 2.45) is 5.92 Å². The van der Waals surface area contributed by atoms with Gasteiger partial charge in [-0.2, -0.15) is 0 Å². The van der Waals surface area contributed by atoms with Crippen molar-refractivity contribution in [3.05, 3.63) is 46.4 Å². The number of aromatic nitrogens is 2. The number of carbonyl (C=O) groups is 2. The summed E-state index contributed by atoms with van der Waals surface area (Å²) in [6.45, 7) is 14.6. The van der Waals surface area contributed by atoms with Crippen LogP contribution < -0.4 is 10.2 Å². The zero-order valence-electron chi connectivity index (χ0n) is 23.1. The highest BCUT2D eigenvalue weighted by Gasteiger charge is 2.38. The minimum atomic E-state index is -0.960. The highest BCUT2D eigenvalue weighted by atomic mass is 16.4. The number of hydrogen-bond donors (Lipinski definition) is 2. The van der Waals surface area contributed by atoms with Crippen molar-refractivity contribution in [2.45, 2.75) is 78.7 Å². The van der Waals surface area contributed by atoms with Gasteiger partial charge >= 0.3 is 5.97 Å². The summed E-state index contributed by atoms with van der Waals surface area (Å²) in [7, 11) is 0. The van der Waals surface area contributed by atoms with Gasteiger partial charge in [0.2, 0.25) is 0 Å². The minimum absolute atomic E-state index is 0.0598. The fourth-order valence-electron chi connectivity index (χ4n) is 5.81. The average molecular weight is 508 g/mol. The van der Waals surface area contributed by atoms with Gasteiger partial charge in [-0.3, -0.25) is 4.79 Å². The van der Waals surface area contributed by atoms with E-state index in [9.17, 15) is 14.7 Å². The molecule has 1 saturated carbocycles. The lowest BCUT2D eigenvalue weighted by Gasteiger charge is -2.47. The van der Waals surface area contributed by atoms with Crippen molar-refractivity contribution in [3.8, 4) is 0 Å². The first-order chi connectivity index (χ1) is 17.5. The number of aromatic carboxylic acids is 1. The van der Waals surface area contributed by atoms with Crippen molar-refractivity contribution in [1.29, 1.82) is 0 Å². The molecule has 8 nitrogen and oxygen atoms in total. The van der Waals surface area contributed by atoms with Gasteiger partial charge in [0.1, 0.15) is 11.5 Å².